The molecule has 5 rings (SSSR count). The first-order valence-electron chi connectivity index (χ1n) is 11.3. The van der Waals surface area contributed by atoms with Crippen LogP contribution in [-0.2, 0) is 16.6 Å². The summed E-state index contributed by atoms with van der Waals surface area (Å²) in [6, 6.07) is 4.94. The van der Waals surface area contributed by atoms with Gasteiger partial charge in [-0.3, -0.25) is 28.9 Å². The summed E-state index contributed by atoms with van der Waals surface area (Å²) in [7, 11) is 3.89. The van der Waals surface area contributed by atoms with E-state index in [1.54, 1.807) is 11.6 Å². The molecule has 0 radical (unpaired) electrons. The molecule has 3 fully saturated rings. The first kappa shape index (κ1) is 21.0. The second kappa shape index (κ2) is 7.91. The summed E-state index contributed by atoms with van der Waals surface area (Å²) in [5, 5.41) is 2.35. The van der Waals surface area contributed by atoms with Crippen LogP contribution in [0.25, 0.3) is 11.0 Å². The number of hydrogen-bond acceptors (Lipinski definition) is 5. The minimum absolute atomic E-state index is 0.228. The Morgan fingerprint density at radius 1 is 1.12 bits per heavy atom. The Kier molecular flexibility index (Phi) is 5.19. The van der Waals surface area contributed by atoms with Gasteiger partial charge in [0, 0.05) is 26.6 Å². The third-order valence-electron chi connectivity index (χ3n) is 7.28. The van der Waals surface area contributed by atoms with Gasteiger partial charge in [0.25, 0.3) is 0 Å². The maximum atomic E-state index is 13.0. The van der Waals surface area contributed by atoms with Gasteiger partial charge in [0.2, 0.25) is 11.8 Å². The number of hydrogen-bond donors (Lipinski definition) is 1. The Morgan fingerprint density at radius 3 is 2.56 bits per heavy atom. The molecule has 4 heterocycles. The SMILES string of the molecule is CN1CC2(CCN(CC#Cc3cccc4c3n(C)c(=O)n4C3CCC(=O)NC3=O)CC2)C1. The summed E-state index contributed by atoms with van der Waals surface area (Å²) in [4.78, 5) is 41.7. The zero-order chi connectivity index (χ0) is 22.5. The van der Waals surface area contributed by atoms with Crippen molar-refractivity contribution in [3.8, 4) is 11.8 Å². The Bertz CT molecular complexity index is 1200. The molecule has 1 unspecified atom stereocenters. The molecule has 8 nitrogen and oxygen atoms in total. The largest absolute Gasteiger partial charge is 0.329 e. The number of benzene rings is 1. The van der Waals surface area contributed by atoms with Gasteiger partial charge in [-0.15, -0.1) is 0 Å². The van der Waals surface area contributed by atoms with Crippen molar-refractivity contribution in [2.24, 2.45) is 12.5 Å². The number of carbonyl (C=O) groups excluding carboxylic acids is 2. The van der Waals surface area contributed by atoms with Gasteiger partial charge in [0.05, 0.1) is 23.1 Å². The maximum Gasteiger partial charge on any atom is 0.329 e. The van der Waals surface area contributed by atoms with Crippen molar-refractivity contribution >= 4 is 22.8 Å². The molecule has 2 amide bonds. The number of nitrogens with zero attached hydrogens (tertiary/aromatic N) is 4. The summed E-state index contributed by atoms with van der Waals surface area (Å²) in [5.41, 5.74) is 2.44. The lowest BCUT2D eigenvalue weighted by Gasteiger charge is -2.52. The van der Waals surface area contributed by atoms with Gasteiger partial charge in [-0.1, -0.05) is 17.9 Å². The van der Waals surface area contributed by atoms with E-state index in [0.717, 1.165) is 24.2 Å². The highest BCUT2D eigenvalue weighted by Crippen LogP contribution is 2.39. The third kappa shape index (κ3) is 3.55. The number of nitrogens with one attached hydrogen (secondary N) is 1. The van der Waals surface area contributed by atoms with Gasteiger partial charge in [-0.05, 0) is 56.9 Å². The Balaban J connectivity index is 1.37. The van der Waals surface area contributed by atoms with Crippen molar-refractivity contribution < 1.29 is 9.59 Å². The van der Waals surface area contributed by atoms with Crippen LogP contribution in [-0.4, -0.2) is 70.5 Å². The third-order valence-corrected chi connectivity index (χ3v) is 7.28. The molecule has 3 aliphatic heterocycles. The van der Waals surface area contributed by atoms with Crippen molar-refractivity contribution in [2.45, 2.75) is 31.7 Å². The number of piperidine rings is 2. The van der Waals surface area contributed by atoms with E-state index in [2.05, 4.69) is 34.0 Å². The maximum absolute atomic E-state index is 13.0. The number of aryl methyl sites for hydroxylation is 1. The van der Waals surface area contributed by atoms with Crippen molar-refractivity contribution in [3.05, 3.63) is 34.2 Å². The van der Waals surface area contributed by atoms with Gasteiger partial charge in [0.15, 0.2) is 0 Å². The first-order valence-corrected chi connectivity index (χ1v) is 11.3. The molecule has 1 spiro atoms. The van der Waals surface area contributed by atoms with E-state index in [0.29, 0.717) is 23.9 Å². The standard InChI is InChI=1S/C24H29N5O3/c1-26-15-24(16-26)10-13-28(14-11-24)12-4-6-17-5-3-7-18-21(17)27(2)23(32)29(18)19-8-9-20(30)25-22(19)31/h3,5,7,19H,8-16H2,1-2H3,(H,25,30,31). The van der Waals surface area contributed by atoms with Crippen molar-refractivity contribution in [1.82, 2.24) is 24.3 Å². The fourth-order valence-electron chi connectivity index (χ4n) is 5.62. The fourth-order valence-corrected chi connectivity index (χ4v) is 5.62. The van der Waals surface area contributed by atoms with E-state index in [-0.39, 0.29) is 18.0 Å². The molecule has 0 bridgehead atoms. The molecule has 3 saturated heterocycles. The van der Waals surface area contributed by atoms with Crippen LogP contribution in [0.3, 0.4) is 0 Å². The molecule has 2 aromatic rings. The molecular weight excluding hydrogens is 406 g/mol. The van der Waals surface area contributed by atoms with Gasteiger partial charge in [-0.25, -0.2) is 4.79 Å². The Morgan fingerprint density at radius 2 is 1.88 bits per heavy atom. The number of rotatable bonds is 2. The second-order valence-electron chi connectivity index (χ2n) is 9.60. The highest BCUT2D eigenvalue weighted by molar-refractivity contribution is 6.00. The van der Waals surface area contributed by atoms with Gasteiger partial charge >= 0.3 is 5.69 Å². The Hall–Kier alpha value is -2.89. The van der Waals surface area contributed by atoms with Gasteiger partial charge in [0.1, 0.15) is 6.04 Å². The van der Waals surface area contributed by atoms with Gasteiger partial charge < -0.3 is 4.90 Å². The quantitative estimate of drug-likeness (QED) is 0.555. The number of carbonyl (C=O) groups is 2. The molecule has 1 aromatic carbocycles. The lowest BCUT2D eigenvalue weighted by Crippen LogP contribution is -2.58. The topological polar surface area (TPSA) is 79.6 Å². The monoisotopic (exact) mass is 435 g/mol. The molecule has 168 valence electrons. The van der Waals surface area contributed by atoms with E-state index in [1.165, 1.54) is 30.5 Å². The Labute approximate surface area is 187 Å². The highest BCUT2D eigenvalue weighted by Gasteiger charge is 2.42. The lowest BCUT2D eigenvalue weighted by atomic mass is 9.72. The highest BCUT2D eigenvalue weighted by atomic mass is 16.2. The van der Waals surface area contributed by atoms with Crippen molar-refractivity contribution in [3.63, 3.8) is 0 Å². The predicted molar refractivity (Wildman–Crippen MR) is 121 cm³/mol. The molecule has 8 heteroatoms. The van der Waals surface area contributed by atoms with E-state index < -0.39 is 11.9 Å². The minimum Gasteiger partial charge on any atom is -0.305 e. The van der Waals surface area contributed by atoms with Crippen LogP contribution in [0.5, 0.6) is 0 Å². The summed E-state index contributed by atoms with van der Waals surface area (Å²) in [6.45, 7) is 5.30. The summed E-state index contributed by atoms with van der Waals surface area (Å²) < 4.78 is 3.06. The van der Waals surface area contributed by atoms with Crippen LogP contribution < -0.4 is 11.0 Å². The van der Waals surface area contributed by atoms with E-state index >= 15 is 0 Å². The number of imide groups is 1. The van der Waals surface area contributed by atoms with Crippen LogP contribution in [0.1, 0.15) is 37.3 Å². The zero-order valence-electron chi connectivity index (χ0n) is 18.7. The molecule has 3 aliphatic rings. The number of para-hydroxylation sites is 1. The summed E-state index contributed by atoms with van der Waals surface area (Å²) in [5.74, 6) is 5.85. The average Bonchev–Trinajstić information content (AvgIpc) is 3.00. The molecule has 0 aliphatic carbocycles. The average molecular weight is 436 g/mol. The van der Waals surface area contributed by atoms with Crippen LogP contribution >= 0.6 is 0 Å². The summed E-state index contributed by atoms with van der Waals surface area (Å²) >= 11 is 0. The number of likely N-dealkylation sites (tertiary alicyclic amines) is 2. The fraction of sp³-hybridized carbons (Fsp3) is 0.542. The van der Waals surface area contributed by atoms with Crippen LogP contribution in [0.4, 0.5) is 0 Å². The normalized spacial score (nSPS) is 23.6. The molecule has 1 N–H and O–H groups in total. The molecule has 1 atom stereocenters. The molecular formula is C24H29N5O3. The second-order valence-corrected chi connectivity index (χ2v) is 9.60. The number of aromatic nitrogens is 2. The van der Waals surface area contributed by atoms with Gasteiger partial charge in [-0.2, -0.15) is 0 Å². The van der Waals surface area contributed by atoms with E-state index in [4.69, 9.17) is 0 Å². The predicted octanol–water partition coefficient (Wildman–Crippen LogP) is 0.697. The number of amides is 2. The minimum atomic E-state index is -0.682. The number of fused-ring (bicyclic) bond motifs is 1. The van der Waals surface area contributed by atoms with E-state index in [9.17, 15) is 14.4 Å². The zero-order valence-corrected chi connectivity index (χ0v) is 18.7. The van der Waals surface area contributed by atoms with E-state index in [1.807, 2.05) is 18.2 Å². The molecule has 1 aromatic heterocycles. The first-order chi connectivity index (χ1) is 15.4. The van der Waals surface area contributed by atoms with Crippen molar-refractivity contribution in [1.29, 1.82) is 0 Å². The summed E-state index contributed by atoms with van der Waals surface area (Å²) in [6.07, 6.45) is 3.02. The lowest BCUT2D eigenvalue weighted by molar-refractivity contribution is -0.135. The van der Waals surface area contributed by atoms with Crippen LogP contribution in [0.2, 0.25) is 0 Å². The molecule has 32 heavy (non-hydrogen) atoms. The van der Waals surface area contributed by atoms with Crippen LogP contribution in [0, 0.1) is 17.3 Å². The smallest absolute Gasteiger partial charge is 0.305 e. The van der Waals surface area contributed by atoms with Crippen molar-refractivity contribution in [2.75, 3.05) is 39.8 Å². The number of imidazole rings is 1. The molecule has 0 saturated carbocycles. The van der Waals surface area contributed by atoms with Crippen LogP contribution in [0.15, 0.2) is 23.0 Å².